The Balaban J connectivity index is 2.09. The second-order valence-electron chi connectivity index (χ2n) is 4.37. The molecule has 0 atom stereocenters. The molecule has 21 heavy (non-hydrogen) atoms. The monoisotopic (exact) mass is 298 g/mol. The van der Waals surface area contributed by atoms with Crippen LogP contribution in [0.25, 0.3) is 5.70 Å². The van der Waals surface area contributed by atoms with Gasteiger partial charge in [0.2, 0.25) is 0 Å². The van der Waals surface area contributed by atoms with Crippen LogP contribution >= 0.6 is 11.8 Å². The summed E-state index contributed by atoms with van der Waals surface area (Å²) in [5.74, 6) is 1.63. The number of benzene rings is 2. The second-order valence-corrected chi connectivity index (χ2v) is 5.39. The van der Waals surface area contributed by atoms with Gasteiger partial charge in [-0.1, -0.05) is 42.5 Å². The zero-order chi connectivity index (χ0) is 15.1. The zero-order valence-corrected chi connectivity index (χ0v) is 12.8. The summed E-state index contributed by atoms with van der Waals surface area (Å²) in [7, 11) is 1.66. The number of nitrogens with zero attached hydrogens (tertiary/aromatic N) is 1. The van der Waals surface area contributed by atoms with Crippen molar-refractivity contribution in [1.29, 1.82) is 0 Å². The lowest BCUT2D eigenvalue weighted by Crippen LogP contribution is -1.98. The van der Waals surface area contributed by atoms with Crippen LogP contribution in [0.5, 0.6) is 5.75 Å². The molecule has 0 amide bonds. The maximum Gasteiger partial charge on any atom is 0.118 e. The molecule has 108 valence electrons. The average Bonchev–Trinajstić information content (AvgIpc) is 2.55. The molecule has 4 heteroatoms. The number of aliphatic imine (C=N–C) groups is 1. The van der Waals surface area contributed by atoms with Gasteiger partial charge in [-0.15, -0.1) is 11.8 Å². The van der Waals surface area contributed by atoms with E-state index in [4.69, 9.17) is 10.5 Å². The summed E-state index contributed by atoms with van der Waals surface area (Å²) < 4.78 is 5.14. The molecule has 0 heterocycles. The van der Waals surface area contributed by atoms with Crippen molar-refractivity contribution >= 4 is 24.2 Å². The molecular weight excluding hydrogens is 280 g/mol. The summed E-state index contributed by atoms with van der Waals surface area (Å²) in [6.07, 6.45) is 0. The highest BCUT2D eigenvalue weighted by Gasteiger charge is 2.06. The molecule has 0 aliphatic rings. The van der Waals surface area contributed by atoms with E-state index in [0.29, 0.717) is 5.03 Å². The van der Waals surface area contributed by atoms with Gasteiger partial charge in [-0.2, -0.15) is 0 Å². The molecule has 0 saturated heterocycles. The number of thioether (sulfide) groups is 1. The first-order valence-corrected chi connectivity index (χ1v) is 7.50. The van der Waals surface area contributed by atoms with Crippen LogP contribution in [0.15, 0.2) is 64.6 Å². The third-order valence-electron chi connectivity index (χ3n) is 2.99. The van der Waals surface area contributed by atoms with E-state index in [-0.39, 0.29) is 0 Å². The van der Waals surface area contributed by atoms with Crippen molar-refractivity contribution in [3.05, 3.63) is 70.8 Å². The van der Waals surface area contributed by atoms with Gasteiger partial charge in [0.15, 0.2) is 0 Å². The summed E-state index contributed by atoms with van der Waals surface area (Å²) in [6, 6.07) is 17.8. The Kier molecular flexibility index (Phi) is 5.46. The van der Waals surface area contributed by atoms with Crippen molar-refractivity contribution in [3.8, 4) is 5.75 Å². The molecule has 3 nitrogen and oxygen atoms in total. The average molecular weight is 298 g/mol. The molecular formula is C17H18N2OS. The quantitative estimate of drug-likeness (QED) is 0.822. The highest BCUT2D eigenvalue weighted by molar-refractivity contribution is 8.02. The molecule has 0 radical (unpaired) electrons. The first-order chi connectivity index (χ1) is 10.2. The van der Waals surface area contributed by atoms with Crippen molar-refractivity contribution in [1.82, 2.24) is 0 Å². The highest BCUT2D eigenvalue weighted by Crippen LogP contribution is 2.27. The van der Waals surface area contributed by atoms with Crippen LogP contribution in [0.3, 0.4) is 0 Å². The number of hydrogen-bond acceptors (Lipinski definition) is 4. The molecule has 2 N–H and O–H groups in total. The van der Waals surface area contributed by atoms with Crippen molar-refractivity contribution < 1.29 is 4.74 Å². The minimum absolute atomic E-state index is 0.673. The fourth-order valence-corrected chi connectivity index (χ4v) is 2.69. The smallest absolute Gasteiger partial charge is 0.118 e. The minimum Gasteiger partial charge on any atom is -0.497 e. The van der Waals surface area contributed by atoms with Crippen molar-refractivity contribution in [2.45, 2.75) is 5.75 Å². The Morgan fingerprint density at radius 3 is 2.38 bits per heavy atom. The van der Waals surface area contributed by atoms with Crippen molar-refractivity contribution in [3.63, 3.8) is 0 Å². The Bertz CT molecular complexity index is 621. The number of rotatable bonds is 6. The van der Waals surface area contributed by atoms with Crippen molar-refractivity contribution in [2.75, 3.05) is 7.11 Å². The summed E-state index contributed by atoms with van der Waals surface area (Å²) in [5.41, 5.74) is 9.04. The zero-order valence-electron chi connectivity index (χ0n) is 12.0. The second kappa shape index (κ2) is 7.55. The van der Waals surface area contributed by atoms with Gasteiger partial charge in [0.05, 0.1) is 17.8 Å². The topological polar surface area (TPSA) is 47.6 Å². The predicted molar refractivity (Wildman–Crippen MR) is 91.4 cm³/mol. The molecule has 0 fully saturated rings. The first-order valence-electron chi connectivity index (χ1n) is 6.52. The lowest BCUT2D eigenvalue weighted by molar-refractivity contribution is 0.414. The molecule has 2 rings (SSSR count). The van der Waals surface area contributed by atoms with Crippen LogP contribution in [0, 0.1) is 0 Å². The molecule has 0 aliphatic carbocycles. The lowest BCUT2D eigenvalue weighted by Gasteiger charge is -2.08. The first kappa shape index (κ1) is 15.2. The van der Waals surface area contributed by atoms with Crippen LogP contribution in [-0.2, 0) is 5.75 Å². The van der Waals surface area contributed by atoms with Gasteiger partial charge in [-0.05, 0) is 24.4 Å². The van der Waals surface area contributed by atoms with E-state index in [2.05, 4.69) is 11.7 Å². The molecule has 2 aromatic rings. The van der Waals surface area contributed by atoms with Crippen LogP contribution < -0.4 is 10.5 Å². The molecule has 2 aromatic carbocycles. The Labute approximate surface area is 129 Å². The van der Waals surface area contributed by atoms with Gasteiger partial charge in [-0.25, -0.2) is 0 Å². The third kappa shape index (κ3) is 4.13. The van der Waals surface area contributed by atoms with Gasteiger partial charge < -0.3 is 10.5 Å². The standard InChI is InChI=1S/C17H18N2OS/c1-19-16(14-6-4-3-5-7-14)17(18)21-12-13-8-10-15(20-2)11-9-13/h3-11H,1,12,18H2,2H3/b17-16-. The summed E-state index contributed by atoms with van der Waals surface area (Å²) in [4.78, 5) is 4.06. The van der Waals surface area contributed by atoms with Gasteiger partial charge in [0.25, 0.3) is 0 Å². The molecule has 0 aliphatic heterocycles. The summed E-state index contributed by atoms with van der Waals surface area (Å²) in [5, 5.41) is 0.673. The van der Waals surface area contributed by atoms with Gasteiger partial charge >= 0.3 is 0 Å². The van der Waals surface area contributed by atoms with Gasteiger partial charge in [-0.3, -0.25) is 4.99 Å². The minimum atomic E-state index is 0.673. The van der Waals surface area contributed by atoms with Crippen LogP contribution in [0.4, 0.5) is 0 Å². The van der Waals surface area contributed by atoms with E-state index in [9.17, 15) is 0 Å². The van der Waals surface area contributed by atoms with Crippen LogP contribution in [0.1, 0.15) is 11.1 Å². The van der Waals surface area contributed by atoms with Crippen LogP contribution in [-0.4, -0.2) is 13.8 Å². The largest absolute Gasteiger partial charge is 0.497 e. The van der Waals surface area contributed by atoms with E-state index >= 15 is 0 Å². The maximum absolute atomic E-state index is 6.15. The lowest BCUT2D eigenvalue weighted by atomic mass is 10.2. The Morgan fingerprint density at radius 2 is 1.81 bits per heavy atom. The SMILES string of the molecule is C=N/C(=C(/N)SCc1ccc(OC)cc1)c1ccccc1. The maximum atomic E-state index is 6.15. The van der Waals surface area contributed by atoms with E-state index < -0.39 is 0 Å². The summed E-state index contributed by atoms with van der Waals surface area (Å²) in [6.45, 7) is 3.62. The highest BCUT2D eigenvalue weighted by atomic mass is 32.2. The van der Waals surface area contributed by atoms with Crippen molar-refractivity contribution in [2.24, 2.45) is 10.7 Å². The van der Waals surface area contributed by atoms with Gasteiger partial charge in [0, 0.05) is 11.3 Å². The van der Waals surface area contributed by atoms with E-state index in [1.807, 2.05) is 54.6 Å². The normalized spacial score (nSPS) is 11.7. The fraction of sp³-hybridized carbons (Fsp3) is 0.118. The Morgan fingerprint density at radius 1 is 1.14 bits per heavy atom. The predicted octanol–water partition coefficient (Wildman–Crippen LogP) is 3.91. The van der Waals surface area contributed by atoms with Crippen LogP contribution in [0.2, 0.25) is 0 Å². The number of ether oxygens (including phenoxy) is 1. The molecule has 0 aromatic heterocycles. The molecule has 0 spiro atoms. The Hall–Kier alpha value is -2.20. The van der Waals surface area contributed by atoms with E-state index in [1.54, 1.807) is 18.9 Å². The van der Waals surface area contributed by atoms with E-state index in [0.717, 1.165) is 22.8 Å². The van der Waals surface area contributed by atoms with Gasteiger partial charge in [0.1, 0.15) is 5.75 Å². The molecule has 0 saturated carbocycles. The molecule has 0 unspecified atom stereocenters. The number of methoxy groups -OCH3 is 1. The number of nitrogens with two attached hydrogens (primary N) is 1. The fourth-order valence-electron chi connectivity index (χ4n) is 1.86. The third-order valence-corrected chi connectivity index (χ3v) is 3.97. The summed E-state index contributed by atoms with van der Waals surface area (Å²) >= 11 is 1.55. The molecule has 0 bridgehead atoms. The van der Waals surface area contributed by atoms with E-state index in [1.165, 1.54) is 5.56 Å². The number of hydrogen-bond donors (Lipinski definition) is 1.